The smallest absolute Gasteiger partial charge is 0.129 e. The number of rotatable bonds is 1. The molecule has 0 aliphatic carbocycles. The van der Waals surface area contributed by atoms with Crippen LogP contribution < -0.4 is 0 Å². The Hall–Kier alpha value is -0.560. The molecule has 0 aliphatic rings. The lowest BCUT2D eigenvalue weighted by atomic mass is 10.1. The van der Waals surface area contributed by atoms with Crippen molar-refractivity contribution in [3.05, 3.63) is 29.0 Å². The number of pyridine rings is 1. The Morgan fingerprint density at radius 3 is 2.60 bits per heavy atom. The molecule has 0 N–H and O–H groups in total. The third-order valence-electron chi connectivity index (χ3n) is 1.26. The second-order valence-corrected chi connectivity index (χ2v) is 2.86. The lowest BCUT2D eigenvalue weighted by molar-refractivity contribution is 0.822. The van der Waals surface area contributed by atoms with E-state index in [2.05, 4.69) is 24.9 Å². The van der Waals surface area contributed by atoms with Crippen molar-refractivity contribution in [3.63, 3.8) is 0 Å². The fraction of sp³-hybridized carbons (Fsp3) is 0.375. The van der Waals surface area contributed by atoms with E-state index in [1.165, 1.54) is 0 Å². The Kier molecular flexibility index (Phi) is 2.28. The minimum atomic E-state index is 0.426. The summed E-state index contributed by atoms with van der Waals surface area (Å²) in [6, 6.07) is 6.43. The van der Waals surface area contributed by atoms with Crippen LogP contribution in [-0.4, -0.2) is 4.98 Å². The number of hydrogen-bond donors (Lipinski definition) is 0. The second-order valence-electron chi connectivity index (χ2n) is 2.47. The van der Waals surface area contributed by atoms with Gasteiger partial charge in [0, 0.05) is 5.69 Å². The molecule has 1 aromatic rings. The maximum Gasteiger partial charge on any atom is 0.129 e. The fourth-order valence-corrected chi connectivity index (χ4v) is 0.840. The van der Waals surface area contributed by atoms with Crippen molar-refractivity contribution in [1.82, 2.24) is 4.98 Å². The predicted octanol–water partition coefficient (Wildman–Crippen LogP) is 2.66. The zero-order valence-corrected chi connectivity index (χ0v) is 6.81. The predicted molar refractivity (Wildman–Crippen MR) is 42.2 cm³/mol. The minimum absolute atomic E-state index is 0.426. The Morgan fingerprint density at radius 1 is 1.50 bits per heavy atom. The van der Waals surface area contributed by atoms with E-state index in [9.17, 15) is 0 Å². The molecule has 0 fully saturated rings. The fourth-order valence-electron chi connectivity index (χ4n) is 0.679. The molecule has 0 aliphatic heterocycles. The second kappa shape index (κ2) is 3.02. The Bertz CT molecular complexity index is 220. The number of nitrogens with zero attached hydrogens (tertiary/aromatic N) is 1. The average Bonchev–Trinajstić information content (AvgIpc) is 1.88. The third kappa shape index (κ3) is 1.71. The number of hydrogen-bond acceptors (Lipinski definition) is 1. The summed E-state index contributed by atoms with van der Waals surface area (Å²) >= 11 is 5.65. The average molecular weight is 155 g/mol. The van der Waals surface area contributed by atoms with Gasteiger partial charge in [-0.15, -0.1) is 0 Å². The Morgan fingerprint density at radius 2 is 2.20 bits per heavy atom. The highest BCUT2D eigenvalue weighted by Crippen LogP contribution is 2.12. The first-order valence-corrected chi connectivity index (χ1v) is 3.61. The summed E-state index contributed by atoms with van der Waals surface area (Å²) in [5.74, 6) is 0.426. The zero-order valence-electron chi connectivity index (χ0n) is 6.06. The van der Waals surface area contributed by atoms with Gasteiger partial charge in [0.15, 0.2) is 0 Å². The highest BCUT2D eigenvalue weighted by atomic mass is 35.5. The molecule has 1 radical (unpaired) electrons. The van der Waals surface area contributed by atoms with E-state index in [1.807, 2.05) is 6.07 Å². The van der Waals surface area contributed by atoms with E-state index in [1.54, 1.807) is 6.07 Å². The first-order chi connectivity index (χ1) is 4.70. The summed E-state index contributed by atoms with van der Waals surface area (Å²) in [4.78, 5) is 4.11. The van der Waals surface area contributed by atoms with E-state index in [0.717, 1.165) is 5.69 Å². The summed E-state index contributed by atoms with van der Waals surface area (Å²) < 4.78 is 0. The molecule has 0 amide bonds. The number of aromatic nitrogens is 1. The maximum atomic E-state index is 5.65. The summed E-state index contributed by atoms with van der Waals surface area (Å²) in [7, 11) is 0. The van der Waals surface area contributed by atoms with Crippen LogP contribution in [-0.2, 0) is 0 Å². The van der Waals surface area contributed by atoms with E-state index in [0.29, 0.717) is 11.1 Å². The van der Waals surface area contributed by atoms with Crippen LogP contribution in [0.1, 0.15) is 25.5 Å². The highest BCUT2D eigenvalue weighted by molar-refractivity contribution is 6.29. The van der Waals surface area contributed by atoms with Crippen LogP contribution in [0.2, 0.25) is 5.15 Å². The molecule has 53 valence electrons. The molecule has 0 aromatic carbocycles. The number of halogens is 1. The van der Waals surface area contributed by atoms with Gasteiger partial charge in [0.2, 0.25) is 0 Å². The maximum absolute atomic E-state index is 5.65. The van der Waals surface area contributed by atoms with Crippen molar-refractivity contribution in [3.8, 4) is 0 Å². The monoisotopic (exact) mass is 154 g/mol. The molecule has 10 heavy (non-hydrogen) atoms. The van der Waals surface area contributed by atoms with Crippen LogP contribution >= 0.6 is 11.6 Å². The van der Waals surface area contributed by atoms with Crippen LogP contribution in [0.5, 0.6) is 0 Å². The lowest BCUT2D eigenvalue weighted by Gasteiger charge is -2.01. The van der Waals surface area contributed by atoms with Gasteiger partial charge < -0.3 is 0 Å². The molecule has 1 rings (SSSR count). The Balaban J connectivity index is 2.96. The van der Waals surface area contributed by atoms with E-state index < -0.39 is 0 Å². The van der Waals surface area contributed by atoms with E-state index in [-0.39, 0.29) is 0 Å². The summed E-state index contributed by atoms with van der Waals surface area (Å²) in [5.41, 5.74) is 0.993. The molecule has 0 atom stereocenters. The van der Waals surface area contributed by atoms with Gasteiger partial charge in [0.05, 0.1) is 0 Å². The van der Waals surface area contributed by atoms with Crippen LogP contribution in [0.15, 0.2) is 12.1 Å². The summed E-state index contributed by atoms with van der Waals surface area (Å²) in [6.07, 6.45) is 0. The molecular weight excluding hydrogens is 146 g/mol. The topological polar surface area (TPSA) is 12.9 Å². The largest absolute Gasteiger partial charge is 0.241 e. The summed E-state index contributed by atoms with van der Waals surface area (Å²) in [5, 5.41) is 0.520. The van der Waals surface area contributed by atoms with Crippen LogP contribution in [0.4, 0.5) is 0 Å². The molecule has 0 saturated carbocycles. The van der Waals surface area contributed by atoms with Crippen LogP contribution in [0.3, 0.4) is 0 Å². The third-order valence-corrected chi connectivity index (χ3v) is 1.45. The molecule has 0 bridgehead atoms. The molecule has 0 unspecified atom stereocenters. The van der Waals surface area contributed by atoms with Gasteiger partial charge in [-0.25, -0.2) is 4.98 Å². The van der Waals surface area contributed by atoms with Crippen LogP contribution in [0.25, 0.3) is 0 Å². The van der Waals surface area contributed by atoms with Crippen molar-refractivity contribution in [2.75, 3.05) is 0 Å². The van der Waals surface area contributed by atoms with Crippen molar-refractivity contribution >= 4 is 11.6 Å². The lowest BCUT2D eigenvalue weighted by Crippen LogP contribution is -1.90. The van der Waals surface area contributed by atoms with Gasteiger partial charge in [0.25, 0.3) is 0 Å². The molecule has 0 spiro atoms. The molecular formula is C8H9ClN. The highest BCUT2D eigenvalue weighted by Gasteiger charge is 1.99. The molecule has 1 nitrogen and oxygen atoms in total. The SMILES string of the molecule is CC(C)c1c[c]cc(Cl)n1. The van der Waals surface area contributed by atoms with Crippen LogP contribution in [0, 0.1) is 6.07 Å². The van der Waals surface area contributed by atoms with Gasteiger partial charge in [-0.1, -0.05) is 25.4 Å². The molecule has 2 heteroatoms. The normalized spacial score (nSPS) is 10.4. The van der Waals surface area contributed by atoms with E-state index in [4.69, 9.17) is 11.6 Å². The van der Waals surface area contributed by atoms with Crippen molar-refractivity contribution in [2.45, 2.75) is 19.8 Å². The van der Waals surface area contributed by atoms with Gasteiger partial charge in [-0.2, -0.15) is 0 Å². The van der Waals surface area contributed by atoms with Gasteiger partial charge in [-0.05, 0) is 24.1 Å². The molecule has 1 heterocycles. The molecule has 0 saturated heterocycles. The van der Waals surface area contributed by atoms with E-state index >= 15 is 0 Å². The van der Waals surface area contributed by atoms with Gasteiger partial charge in [-0.3, -0.25) is 0 Å². The first-order valence-electron chi connectivity index (χ1n) is 3.23. The van der Waals surface area contributed by atoms with Gasteiger partial charge in [0.1, 0.15) is 5.15 Å². The van der Waals surface area contributed by atoms with Crippen molar-refractivity contribution < 1.29 is 0 Å². The summed E-state index contributed by atoms with van der Waals surface area (Å²) in [6.45, 7) is 4.15. The minimum Gasteiger partial charge on any atom is -0.241 e. The molecule has 1 aromatic heterocycles. The standard InChI is InChI=1S/C8H9ClN/c1-6(2)7-4-3-5-8(9)10-7/h4-6H,1-2H3. The van der Waals surface area contributed by atoms with Crippen molar-refractivity contribution in [2.24, 2.45) is 0 Å². The van der Waals surface area contributed by atoms with Crippen molar-refractivity contribution in [1.29, 1.82) is 0 Å². The Labute approximate surface area is 66.0 Å². The first kappa shape index (κ1) is 7.55. The van der Waals surface area contributed by atoms with Gasteiger partial charge >= 0.3 is 0 Å². The quantitative estimate of drug-likeness (QED) is 0.567. The zero-order chi connectivity index (χ0) is 7.56.